The van der Waals surface area contributed by atoms with Gasteiger partial charge in [-0.2, -0.15) is 9.78 Å². The number of thiophene rings is 1. The van der Waals surface area contributed by atoms with E-state index in [1.807, 2.05) is 12.1 Å². The Bertz CT molecular complexity index is 1040. The summed E-state index contributed by atoms with van der Waals surface area (Å²) in [4.78, 5) is 19.5. The molecule has 2 heterocycles. The Labute approximate surface area is 157 Å². The zero-order chi connectivity index (χ0) is 18.3. The highest BCUT2D eigenvalue weighted by molar-refractivity contribution is 7.18. The van der Waals surface area contributed by atoms with Crippen molar-refractivity contribution < 1.29 is 0 Å². The number of benzene rings is 1. The fourth-order valence-corrected chi connectivity index (χ4v) is 4.64. The minimum Gasteiger partial charge on any atom is -0.267 e. The highest BCUT2D eigenvalue weighted by Gasteiger charge is 2.19. The first-order valence-electron chi connectivity index (χ1n) is 9.10. The summed E-state index contributed by atoms with van der Waals surface area (Å²) in [5.74, 6) is 0. The van der Waals surface area contributed by atoms with E-state index in [0.29, 0.717) is 0 Å². The molecule has 0 aliphatic heterocycles. The topological polar surface area (TPSA) is 47.2 Å². The number of fused-ring (bicyclic) bond motifs is 3. The predicted octanol–water partition coefficient (Wildman–Crippen LogP) is 4.52. The molecular weight excluding hydrogens is 342 g/mol. The molecule has 0 radical (unpaired) electrons. The van der Waals surface area contributed by atoms with E-state index >= 15 is 0 Å². The molecule has 0 amide bonds. The lowest BCUT2D eigenvalue weighted by Crippen LogP contribution is -2.18. The van der Waals surface area contributed by atoms with Crippen LogP contribution in [0.25, 0.3) is 10.2 Å². The quantitative estimate of drug-likeness (QED) is 0.627. The van der Waals surface area contributed by atoms with E-state index in [1.54, 1.807) is 17.6 Å². The molecule has 0 unspecified atom stereocenters. The van der Waals surface area contributed by atoms with E-state index < -0.39 is 0 Å². The molecule has 134 valence electrons. The van der Waals surface area contributed by atoms with Crippen LogP contribution < -0.4 is 5.56 Å². The number of rotatable bonds is 2. The molecule has 4 rings (SSSR count). The summed E-state index contributed by atoms with van der Waals surface area (Å²) in [6, 6.07) is 8.29. The Hall–Kier alpha value is -2.27. The lowest BCUT2D eigenvalue weighted by atomic mass is 9.87. The molecule has 0 spiro atoms. The van der Waals surface area contributed by atoms with Gasteiger partial charge in [0.2, 0.25) is 0 Å². The summed E-state index contributed by atoms with van der Waals surface area (Å²) in [6.07, 6.45) is 7.66. The van der Waals surface area contributed by atoms with Gasteiger partial charge in [0.05, 0.1) is 11.6 Å². The highest BCUT2D eigenvalue weighted by atomic mass is 32.1. The van der Waals surface area contributed by atoms with Gasteiger partial charge >= 0.3 is 0 Å². The minimum atomic E-state index is -0.0584. The van der Waals surface area contributed by atoms with E-state index in [9.17, 15) is 4.79 Å². The van der Waals surface area contributed by atoms with E-state index in [1.165, 1.54) is 33.4 Å². The van der Waals surface area contributed by atoms with Gasteiger partial charge in [-0.05, 0) is 47.8 Å². The molecule has 1 aliphatic carbocycles. The van der Waals surface area contributed by atoms with Crippen LogP contribution in [0.4, 0.5) is 0 Å². The largest absolute Gasteiger partial charge is 0.282 e. The Balaban J connectivity index is 1.68. The smallest absolute Gasteiger partial charge is 0.267 e. The number of nitrogens with zero attached hydrogens (tertiary/aromatic N) is 3. The molecule has 0 saturated heterocycles. The SMILES string of the molecule is CC(C)(C)c1ccc(/C=N\n2cnc3sc4c(c3c2=O)CCCC4)cc1. The van der Waals surface area contributed by atoms with Crippen LogP contribution in [0.5, 0.6) is 0 Å². The van der Waals surface area contributed by atoms with Crippen LogP contribution in [0, 0.1) is 0 Å². The molecule has 4 nitrogen and oxygen atoms in total. The van der Waals surface area contributed by atoms with Crippen molar-refractivity contribution in [2.75, 3.05) is 0 Å². The maximum absolute atomic E-state index is 12.9. The molecule has 1 aromatic carbocycles. The standard InChI is InChI=1S/C21H23N3OS/c1-21(2,3)15-10-8-14(9-11-15)12-23-24-13-22-19-18(20(24)25)16-6-4-5-7-17(16)26-19/h8-13H,4-7H2,1-3H3/b23-12-. The average molecular weight is 366 g/mol. The normalized spacial score (nSPS) is 14.9. The Morgan fingerprint density at radius 3 is 2.62 bits per heavy atom. The summed E-state index contributed by atoms with van der Waals surface area (Å²) in [5.41, 5.74) is 3.52. The number of hydrogen-bond donors (Lipinski definition) is 0. The molecule has 2 aromatic heterocycles. The van der Waals surface area contributed by atoms with Crippen molar-refractivity contribution >= 4 is 27.8 Å². The van der Waals surface area contributed by atoms with Crippen LogP contribution >= 0.6 is 11.3 Å². The molecule has 0 N–H and O–H groups in total. The minimum absolute atomic E-state index is 0.0584. The van der Waals surface area contributed by atoms with Crippen LogP contribution in [0.3, 0.4) is 0 Å². The van der Waals surface area contributed by atoms with Crippen LogP contribution in [-0.4, -0.2) is 15.9 Å². The van der Waals surface area contributed by atoms with Crippen LogP contribution in [0.2, 0.25) is 0 Å². The predicted molar refractivity (Wildman–Crippen MR) is 109 cm³/mol. The van der Waals surface area contributed by atoms with Crippen molar-refractivity contribution in [3.63, 3.8) is 0 Å². The Morgan fingerprint density at radius 2 is 1.88 bits per heavy atom. The van der Waals surface area contributed by atoms with Gasteiger partial charge in [0.15, 0.2) is 0 Å². The summed E-state index contributed by atoms with van der Waals surface area (Å²) in [6.45, 7) is 6.58. The number of aromatic nitrogens is 2. The molecule has 5 heteroatoms. The van der Waals surface area contributed by atoms with Gasteiger partial charge < -0.3 is 0 Å². The van der Waals surface area contributed by atoms with Gasteiger partial charge in [-0.1, -0.05) is 45.0 Å². The summed E-state index contributed by atoms with van der Waals surface area (Å²) < 4.78 is 1.36. The third-order valence-corrected chi connectivity index (χ3v) is 6.17. The van der Waals surface area contributed by atoms with E-state index in [-0.39, 0.29) is 11.0 Å². The second-order valence-electron chi connectivity index (χ2n) is 7.90. The molecular formula is C21H23N3OS. The van der Waals surface area contributed by atoms with Gasteiger partial charge in [0, 0.05) is 4.88 Å². The maximum Gasteiger partial charge on any atom is 0.282 e. The molecule has 26 heavy (non-hydrogen) atoms. The third kappa shape index (κ3) is 3.12. The fraction of sp³-hybridized carbons (Fsp3) is 0.381. The fourth-order valence-electron chi connectivity index (χ4n) is 3.42. The first-order valence-corrected chi connectivity index (χ1v) is 9.92. The van der Waals surface area contributed by atoms with Gasteiger partial charge in [0.25, 0.3) is 5.56 Å². The summed E-state index contributed by atoms with van der Waals surface area (Å²) in [7, 11) is 0. The van der Waals surface area contributed by atoms with E-state index in [2.05, 4.69) is 43.0 Å². The Morgan fingerprint density at radius 1 is 1.15 bits per heavy atom. The van der Waals surface area contributed by atoms with Crippen LogP contribution in [-0.2, 0) is 18.3 Å². The number of aryl methyl sites for hydroxylation is 2. The lowest BCUT2D eigenvalue weighted by molar-refractivity contribution is 0.590. The van der Waals surface area contributed by atoms with Crippen molar-refractivity contribution in [3.8, 4) is 0 Å². The number of hydrogen-bond acceptors (Lipinski definition) is 4. The van der Waals surface area contributed by atoms with Gasteiger partial charge in [-0.25, -0.2) is 4.98 Å². The van der Waals surface area contributed by atoms with Crippen molar-refractivity contribution in [2.24, 2.45) is 5.10 Å². The van der Waals surface area contributed by atoms with E-state index in [0.717, 1.165) is 35.0 Å². The first kappa shape index (κ1) is 17.2. The third-order valence-electron chi connectivity index (χ3n) is 4.97. The zero-order valence-corrected chi connectivity index (χ0v) is 16.3. The molecule has 0 atom stereocenters. The molecule has 0 bridgehead atoms. The molecule has 1 aliphatic rings. The first-order chi connectivity index (χ1) is 12.4. The molecule has 0 saturated carbocycles. The van der Waals surface area contributed by atoms with Crippen molar-refractivity contribution in [3.05, 3.63) is 62.5 Å². The molecule has 3 aromatic rings. The van der Waals surface area contributed by atoms with Gasteiger partial charge in [-0.3, -0.25) is 4.79 Å². The van der Waals surface area contributed by atoms with Gasteiger partial charge in [0.1, 0.15) is 11.2 Å². The highest BCUT2D eigenvalue weighted by Crippen LogP contribution is 2.33. The van der Waals surface area contributed by atoms with Crippen molar-refractivity contribution in [1.82, 2.24) is 9.66 Å². The van der Waals surface area contributed by atoms with Crippen LogP contribution in [0.1, 0.15) is 55.2 Å². The second kappa shape index (κ2) is 6.47. The summed E-state index contributed by atoms with van der Waals surface area (Å²) >= 11 is 1.66. The summed E-state index contributed by atoms with van der Waals surface area (Å²) in [5, 5.41) is 5.14. The average Bonchev–Trinajstić information content (AvgIpc) is 3.00. The van der Waals surface area contributed by atoms with Crippen molar-refractivity contribution in [2.45, 2.75) is 51.9 Å². The zero-order valence-electron chi connectivity index (χ0n) is 15.5. The second-order valence-corrected chi connectivity index (χ2v) is 8.99. The maximum atomic E-state index is 12.9. The molecule has 0 fully saturated rings. The Kier molecular flexibility index (Phi) is 4.27. The monoisotopic (exact) mass is 365 g/mol. The van der Waals surface area contributed by atoms with Crippen molar-refractivity contribution in [1.29, 1.82) is 0 Å². The lowest BCUT2D eigenvalue weighted by Gasteiger charge is -2.18. The van der Waals surface area contributed by atoms with E-state index in [4.69, 9.17) is 0 Å². The van der Waals surface area contributed by atoms with Crippen LogP contribution in [0.15, 0.2) is 40.5 Å². The van der Waals surface area contributed by atoms with Gasteiger partial charge in [-0.15, -0.1) is 11.3 Å².